The van der Waals surface area contributed by atoms with Crippen LogP contribution in [0.25, 0.3) is 0 Å². The summed E-state index contributed by atoms with van der Waals surface area (Å²) in [5, 5.41) is 4.21. The molecule has 0 radical (unpaired) electrons. The topological polar surface area (TPSA) is 73.4 Å². The molecule has 6 heteroatoms. The van der Waals surface area contributed by atoms with Crippen molar-refractivity contribution in [1.82, 2.24) is 14.7 Å². The normalized spacial score (nSPS) is 22.4. The second-order valence-corrected chi connectivity index (χ2v) is 6.52. The highest BCUT2D eigenvalue weighted by Crippen LogP contribution is 2.29. The van der Waals surface area contributed by atoms with Crippen molar-refractivity contribution in [3.05, 3.63) is 53.9 Å². The third-order valence-corrected chi connectivity index (χ3v) is 4.56. The van der Waals surface area contributed by atoms with Gasteiger partial charge in [0.2, 0.25) is 5.91 Å². The van der Waals surface area contributed by atoms with E-state index in [1.807, 2.05) is 55.4 Å². The number of amides is 1. The van der Waals surface area contributed by atoms with E-state index >= 15 is 0 Å². The first-order valence-corrected chi connectivity index (χ1v) is 8.19. The van der Waals surface area contributed by atoms with Crippen LogP contribution < -0.4 is 5.73 Å². The molecule has 1 amide bonds. The van der Waals surface area contributed by atoms with E-state index in [2.05, 4.69) is 5.10 Å². The van der Waals surface area contributed by atoms with Crippen molar-refractivity contribution in [1.29, 1.82) is 0 Å². The number of aryl methyl sites for hydroxylation is 1. The van der Waals surface area contributed by atoms with Gasteiger partial charge in [0.1, 0.15) is 5.60 Å². The van der Waals surface area contributed by atoms with Gasteiger partial charge in [0.05, 0.1) is 19.3 Å². The minimum Gasteiger partial charge on any atom is -0.367 e. The average Bonchev–Trinajstić information content (AvgIpc) is 3.03. The van der Waals surface area contributed by atoms with E-state index in [4.69, 9.17) is 10.5 Å². The number of hydrogen-bond acceptors (Lipinski definition) is 4. The fourth-order valence-corrected chi connectivity index (χ4v) is 3.09. The molecular weight excluding hydrogens is 304 g/mol. The van der Waals surface area contributed by atoms with Crippen LogP contribution in [0.5, 0.6) is 0 Å². The molecule has 6 nitrogen and oxygen atoms in total. The van der Waals surface area contributed by atoms with Gasteiger partial charge in [0.15, 0.2) is 0 Å². The van der Waals surface area contributed by atoms with Crippen LogP contribution in [-0.4, -0.2) is 40.3 Å². The zero-order valence-electron chi connectivity index (χ0n) is 14.2. The molecule has 2 heterocycles. The summed E-state index contributed by atoms with van der Waals surface area (Å²) >= 11 is 0. The Morgan fingerprint density at radius 3 is 2.83 bits per heavy atom. The highest BCUT2D eigenvalue weighted by atomic mass is 16.5. The van der Waals surface area contributed by atoms with E-state index in [0.29, 0.717) is 26.1 Å². The van der Waals surface area contributed by atoms with Gasteiger partial charge in [-0.2, -0.15) is 5.10 Å². The maximum Gasteiger partial charge on any atom is 0.224 e. The average molecular weight is 328 g/mol. The van der Waals surface area contributed by atoms with Crippen LogP contribution >= 0.6 is 0 Å². The molecule has 2 aromatic rings. The number of nitrogens with zero attached hydrogens (tertiary/aromatic N) is 3. The lowest BCUT2D eigenvalue weighted by Crippen LogP contribution is -2.50. The van der Waals surface area contributed by atoms with Crippen LogP contribution in [-0.2, 0) is 22.2 Å². The van der Waals surface area contributed by atoms with Gasteiger partial charge in [-0.3, -0.25) is 9.48 Å². The predicted molar refractivity (Wildman–Crippen MR) is 91.1 cm³/mol. The molecule has 1 fully saturated rings. The Kier molecular flexibility index (Phi) is 4.69. The second-order valence-electron chi connectivity index (χ2n) is 6.52. The zero-order chi connectivity index (χ0) is 17.2. The lowest BCUT2D eigenvalue weighted by atomic mass is 9.96. The summed E-state index contributed by atoms with van der Waals surface area (Å²) in [5.41, 5.74) is 7.63. The highest BCUT2D eigenvalue weighted by molar-refractivity contribution is 5.77. The van der Waals surface area contributed by atoms with Gasteiger partial charge in [-0.1, -0.05) is 30.3 Å². The van der Waals surface area contributed by atoms with Gasteiger partial charge in [-0.25, -0.2) is 0 Å². The lowest BCUT2D eigenvalue weighted by molar-refractivity contribution is -0.150. The number of benzene rings is 1. The summed E-state index contributed by atoms with van der Waals surface area (Å²) in [5.74, 6) is 0.0600. The summed E-state index contributed by atoms with van der Waals surface area (Å²) in [6.07, 6.45) is 4.03. The molecule has 1 aliphatic heterocycles. The minimum atomic E-state index is -0.529. The Morgan fingerprint density at radius 1 is 1.42 bits per heavy atom. The molecule has 0 unspecified atom stereocenters. The van der Waals surface area contributed by atoms with E-state index in [9.17, 15) is 4.79 Å². The number of aromatic nitrogens is 2. The molecule has 1 aromatic heterocycles. The van der Waals surface area contributed by atoms with Crippen molar-refractivity contribution in [3.63, 3.8) is 0 Å². The summed E-state index contributed by atoms with van der Waals surface area (Å²) in [6.45, 7) is 3.62. The minimum absolute atomic E-state index is 0.0600. The quantitative estimate of drug-likeness (QED) is 0.925. The van der Waals surface area contributed by atoms with Gasteiger partial charge in [-0.05, 0) is 12.5 Å². The van der Waals surface area contributed by atoms with Crippen LogP contribution in [0.4, 0.5) is 0 Å². The predicted octanol–water partition coefficient (Wildman–Crippen LogP) is 1.58. The maximum atomic E-state index is 12.7. The molecule has 0 spiro atoms. The van der Waals surface area contributed by atoms with E-state index in [1.165, 1.54) is 0 Å². The molecule has 24 heavy (non-hydrogen) atoms. The van der Waals surface area contributed by atoms with E-state index in [0.717, 1.165) is 11.1 Å². The molecule has 128 valence electrons. The van der Waals surface area contributed by atoms with Crippen LogP contribution in [0.3, 0.4) is 0 Å². The lowest BCUT2D eigenvalue weighted by Gasteiger charge is -2.40. The Labute approximate surface area is 142 Å². The van der Waals surface area contributed by atoms with Gasteiger partial charge < -0.3 is 15.4 Å². The first-order chi connectivity index (χ1) is 11.5. The van der Waals surface area contributed by atoms with Crippen LogP contribution in [0.2, 0.25) is 0 Å². The Bertz CT molecular complexity index is 700. The fraction of sp³-hybridized carbons (Fsp3) is 0.444. The van der Waals surface area contributed by atoms with Gasteiger partial charge in [0.25, 0.3) is 0 Å². The third-order valence-electron chi connectivity index (χ3n) is 4.56. The first-order valence-electron chi connectivity index (χ1n) is 8.19. The summed E-state index contributed by atoms with van der Waals surface area (Å²) in [6, 6.07) is 9.45. The molecule has 0 aliphatic carbocycles. The standard InChI is InChI=1S/C18H24N4O2/c1-18(15-11-20-21(2)12-15)13-22(8-9-24-18)17(23)10-16(19)14-6-4-3-5-7-14/h3-7,11-12,16H,8-10,13,19H2,1-2H3/t16-,18-/m0/s1. The van der Waals surface area contributed by atoms with Crippen LogP contribution in [0, 0.1) is 0 Å². The molecule has 2 atom stereocenters. The van der Waals surface area contributed by atoms with Crippen molar-refractivity contribution in [2.75, 3.05) is 19.7 Å². The molecule has 0 saturated carbocycles. The Hall–Kier alpha value is -2.18. The fourth-order valence-electron chi connectivity index (χ4n) is 3.09. The summed E-state index contributed by atoms with van der Waals surface area (Å²) in [7, 11) is 1.87. The van der Waals surface area contributed by atoms with Crippen LogP contribution in [0.15, 0.2) is 42.7 Å². The van der Waals surface area contributed by atoms with E-state index in [1.54, 1.807) is 10.9 Å². The van der Waals surface area contributed by atoms with Gasteiger partial charge >= 0.3 is 0 Å². The smallest absolute Gasteiger partial charge is 0.224 e. The largest absolute Gasteiger partial charge is 0.367 e. The van der Waals surface area contributed by atoms with E-state index < -0.39 is 5.60 Å². The zero-order valence-corrected chi connectivity index (χ0v) is 14.2. The number of carbonyl (C=O) groups is 1. The summed E-state index contributed by atoms with van der Waals surface area (Å²) < 4.78 is 7.70. The number of hydrogen-bond donors (Lipinski definition) is 1. The molecule has 0 bridgehead atoms. The Balaban J connectivity index is 1.67. The number of morpholine rings is 1. The van der Waals surface area contributed by atoms with Crippen molar-refractivity contribution in [3.8, 4) is 0 Å². The van der Waals surface area contributed by atoms with Crippen molar-refractivity contribution in [2.24, 2.45) is 12.8 Å². The molecule has 1 aromatic carbocycles. The SMILES string of the molecule is Cn1cc([C@]2(C)CN(C(=O)C[C@H](N)c3ccccc3)CCO2)cn1. The van der Waals surface area contributed by atoms with E-state index in [-0.39, 0.29) is 11.9 Å². The monoisotopic (exact) mass is 328 g/mol. The van der Waals surface area contributed by atoms with Gasteiger partial charge in [-0.15, -0.1) is 0 Å². The third kappa shape index (κ3) is 3.49. The number of nitrogens with two attached hydrogens (primary N) is 1. The second kappa shape index (κ2) is 6.75. The van der Waals surface area contributed by atoms with Crippen molar-refractivity contribution >= 4 is 5.91 Å². The highest BCUT2D eigenvalue weighted by Gasteiger charge is 2.36. The molecule has 3 rings (SSSR count). The van der Waals surface area contributed by atoms with Gasteiger partial charge in [0, 0.05) is 37.8 Å². The molecule has 1 aliphatic rings. The summed E-state index contributed by atoms with van der Waals surface area (Å²) in [4.78, 5) is 14.5. The number of carbonyl (C=O) groups excluding carboxylic acids is 1. The number of rotatable bonds is 4. The molecule has 1 saturated heterocycles. The van der Waals surface area contributed by atoms with Crippen molar-refractivity contribution in [2.45, 2.75) is 25.0 Å². The van der Waals surface area contributed by atoms with Crippen LogP contribution in [0.1, 0.15) is 30.5 Å². The maximum absolute atomic E-state index is 12.7. The van der Waals surface area contributed by atoms with Crippen molar-refractivity contribution < 1.29 is 9.53 Å². The molecular formula is C18H24N4O2. The Morgan fingerprint density at radius 2 is 2.17 bits per heavy atom. The molecule has 2 N–H and O–H groups in total. The first kappa shape index (κ1) is 16.7. The number of ether oxygens (including phenoxy) is 1.